The molecule has 0 bridgehead atoms. The molecule has 0 amide bonds. The third-order valence-corrected chi connectivity index (χ3v) is 3.87. The molecule has 1 aromatic carbocycles. The van der Waals surface area contributed by atoms with E-state index in [0.717, 1.165) is 0 Å². The molecule has 0 radical (unpaired) electrons. The topological polar surface area (TPSA) is 63.2 Å². The van der Waals surface area contributed by atoms with Gasteiger partial charge in [0.25, 0.3) is 0 Å². The highest BCUT2D eigenvalue weighted by atomic mass is 35.5. The van der Waals surface area contributed by atoms with Crippen LogP contribution in [-0.4, -0.2) is 20.2 Å². The molecule has 16 heavy (non-hydrogen) atoms. The molecule has 1 unspecified atom stereocenters. The summed E-state index contributed by atoms with van der Waals surface area (Å²) >= 11 is 5.65. The van der Waals surface area contributed by atoms with Crippen molar-refractivity contribution in [3.63, 3.8) is 0 Å². The van der Waals surface area contributed by atoms with E-state index >= 15 is 0 Å². The molecular weight excluding hydrogens is 250 g/mol. The van der Waals surface area contributed by atoms with Crippen LogP contribution in [0.5, 0.6) is 0 Å². The monoisotopic (exact) mass is 261 g/mol. The van der Waals surface area contributed by atoms with Gasteiger partial charge < -0.3 is 0 Å². The van der Waals surface area contributed by atoms with Crippen LogP contribution in [0.1, 0.15) is 13.8 Å². The van der Waals surface area contributed by atoms with Gasteiger partial charge in [-0.05, 0) is 38.1 Å². The largest absolute Gasteiger partial charge is 0.298 e. The molecule has 0 aromatic heterocycles. The van der Waals surface area contributed by atoms with Gasteiger partial charge in [0, 0.05) is 5.02 Å². The molecule has 88 valence electrons. The van der Waals surface area contributed by atoms with Gasteiger partial charge in [0.1, 0.15) is 5.78 Å². The van der Waals surface area contributed by atoms with Crippen LogP contribution in [-0.2, 0) is 14.8 Å². The van der Waals surface area contributed by atoms with Crippen molar-refractivity contribution in [1.82, 2.24) is 4.72 Å². The molecule has 1 atom stereocenters. The Balaban J connectivity index is 2.94. The van der Waals surface area contributed by atoms with Crippen LogP contribution in [0.3, 0.4) is 0 Å². The van der Waals surface area contributed by atoms with Crippen LogP contribution in [0.25, 0.3) is 0 Å². The first-order valence-electron chi connectivity index (χ1n) is 4.61. The molecule has 1 rings (SSSR count). The van der Waals surface area contributed by atoms with Gasteiger partial charge in [-0.2, -0.15) is 0 Å². The summed E-state index contributed by atoms with van der Waals surface area (Å²) in [6.07, 6.45) is 0. The summed E-state index contributed by atoms with van der Waals surface area (Å²) in [6.45, 7) is 2.82. The van der Waals surface area contributed by atoms with E-state index in [1.807, 2.05) is 0 Å². The molecule has 1 N–H and O–H groups in total. The zero-order valence-corrected chi connectivity index (χ0v) is 10.5. The Kier molecular flexibility index (Phi) is 4.07. The maximum Gasteiger partial charge on any atom is 0.241 e. The number of carbonyl (C=O) groups is 1. The summed E-state index contributed by atoms with van der Waals surface area (Å²) in [6, 6.07) is 5.00. The van der Waals surface area contributed by atoms with Gasteiger partial charge in [-0.1, -0.05) is 11.6 Å². The second-order valence-corrected chi connectivity index (χ2v) is 5.56. The lowest BCUT2D eigenvalue weighted by Gasteiger charge is -2.11. The number of nitrogens with one attached hydrogen (secondary N) is 1. The predicted octanol–water partition coefficient (Wildman–Crippen LogP) is 1.60. The van der Waals surface area contributed by atoms with Gasteiger partial charge in [0.15, 0.2) is 0 Å². The average molecular weight is 262 g/mol. The fourth-order valence-electron chi connectivity index (χ4n) is 0.997. The lowest BCUT2D eigenvalue weighted by atomic mass is 10.3. The molecule has 0 aliphatic heterocycles. The van der Waals surface area contributed by atoms with Gasteiger partial charge in [-0.3, -0.25) is 4.79 Å². The number of halogens is 1. The highest BCUT2D eigenvalue weighted by Crippen LogP contribution is 2.14. The minimum atomic E-state index is -3.65. The van der Waals surface area contributed by atoms with E-state index < -0.39 is 16.1 Å². The second kappa shape index (κ2) is 4.95. The van der Waals surface area contributed by atoms with E-state index in [2.05, 4.69) is 4.72 Å². The number of ketones is 1. The van der Waals surface area contributed by atoms with Crippen molar-refractivity contribution in [2.45, 2.75) is 24.8 Å². The van der Waals surface area contributed by atoms with E-state index in [1.165, 1.54) is 38.1 Å². The highest BCUT2D eigenvalue weighted by Gasteiger charge is 2.19. The number of carbonyl (C=O) groups excluding carboxylic acids is 1. The van der Waals surface area contributed by atoms with Gasteiger partial charge in [0.2, 0.25) is 10.0 Å². The predicted molar refractivity (Wildman–Crippen MR) is 61.9 cm³/mol. The lowest BCUT2D eigenvalue weighted by molar-refractivity contribution is -0.118. The van der Waals surface area contributed by atoms with E-state index in [-0.39, 0.29) is 10.7 Å². The fourth-order valence-corrected chi connectivity index (χ4v) is 2.39. The first kappa shape index (κ1) is 13.2. The molecule has 0 saturated carbocycles. The van der Waals surface area contributed by atoms with Crippen LogP contribution >= 0.6 is 11.6 Å². The molecule has 0 aliphatic carbocycles. The van der Waals surface area contributed by atoms with Crippen LogP contribution in [0.2, 0.25) is 5.02 Å². The molecule has 0 saturated heterocycles. The summed E-state index contributed by atoms with van der Waals surface area (Å²) in [5.41, 5.74) is 0. The molecule has 0 aliphatic rings. The van der Waals surface area contributed by atoms with Gasteiger partial charge in [-0.25, -0.2) is 13.1 Å². The molecule has 4 nitrogen and oxygen atoms in total. The van der Waals surface area contributed by atoms with Crippen LogP contribution < -0.4 is 4.72 Å². The Labute approximate surface area is 99.7 Å². The molecule has 0 heterocycles. The smallest absolute Gasteiger partial charge is 0.241 e. The van der Waals surface area contributed by atoms with Crippen molar-refractivity contribution < 1.29 is 13.2 Å². The number of benzene rings is 1. The summed E-state index contributed by atoms with van der Waals surface area (Å²) in [5.74, 6) is -0.238. The zero-order chi connectivity index (χ0) is 12.3. The number of Topliss-reactive ketones (excluding diaryl/α,β-unsaturated/α-hetero) is 1. The third kappa shape index (κ3) is 3.30. The molecule has 0 fully saturated rings. The van der Waals surface area contributed by atoms with Gasteiger partial charge in [-0.15, -0.1) is 0 Å². The van der Waals surface area contributed by atoms with Gasteiger partial charge >= 0.3 is 0 Å². The number of sulfonamides is 1. The Morgan fingerprint density at radius 2 is 1.81 bits per heavy atom. The summed E-state index contributed by atoms with van der Waals surface area (Å²) in [7, 11) is -3.65. The first-order chi connectivity index (χ1) is 7.33. The minimum absolute atomic E-state index is 0.0880. The molecular formula is C10H12ClNO3S. The van der Waals surface area contributed by atoms with E-state index in [9.17, 15) is 13.2 Å². The fraction of sp³-hybridized carbons (Fsp3) is 0.300. The van der Waals surface area contributed by atoms with Crippen molar-refractivity contribution in [3.8, 4) is 0 Å². The van der Waals surface area contributed by atoms with Crippen molar-refractivity contribution in [2.24, 2.45) is 0 Å². The van der Waals surface area contributed by atoms with Gasteiger partial charge in [0.05, 0.1) is 10.9 Å². The Hall–Kier alpha value is -0.910. The van der Waals surface area contributed by atoms with Crippen molar-refractivity contribution in [3.05, 3.63) is 29.3 Å². The summed E-state index contributed by atoms with van der Waals surface area (Å²) in [4.78, 5) is 11.0. The average Bonchev–Trinajstić information content (AvgIpc) is 2.17. The number of hydrogen-bond donors (Lipinski definition) is 1. The summed E-state index contributed by atoms with van der Waals surface area (Å²) < 4.78 is 25.8. The van der Waals surface area contributed by atoms with Crippen LogP contribution in [0.4, 0.5) is 0 Å². The Morgan fingerprint density at radius 3 is 2.25 bits per heavy atom. The lowest BCUT2D eigenvalue weighted by Crippen LogP contribution is -2.37. The Morgan fingerprint density at radius 1 is 1.31 bits per heavy atom. The molecule has 1 aromatic rings. The van der Waals surface area contributed by atoms with Crippen LogP contribution in [0, 0.1) is 0 Å². The van der Waals surface area contributed by atoms with Crippen molar-refractivity contribution in [1.29, 1.82) is 0 Å². The SMILES string of the molecule is CC(=O)C(C)NS(=O)(=O)c1ccc(Cl)cc1. The van der Waals surface area contributed by atoms with Crippen molar-refractivity contribution >= 4 is 27.4 Å². The maximum absolute atomic E-state index is 11.8. The second-order valence-electron chi connectivity index (χ2n) is 3.41. The number of rotatable bonds is 4. The standard InChI is InChI=1S/C10H12ClNO3S/c1-7(8(2)13)12-16(14,15)10-5-3-9(11)4-6-10/h3-7,12H,1-2H3. The number of hydrogen-bond acceptors (Lipinski definition) is 3. The normalized spacial score (nSPS) is 13.4. The molecule has 0 spiro atoms. The maximum atomic E-state index is 11.8. The van der Waals surface area contributed by atoms with E-state index in [1.54, 1.807) is 0 Å². The quantitative estimate of drug-likeness (QED) is 0.895. The first-order valence-corrected chi connectivity index (χ1v) is 6.47. The molecule has 6 heteroatoms. The highest BCUT2D eigenvalue weighted by molar-refractivity contribution is 7.89. The third-order valence-electron chi connectivity index (χ3n) is 2.07. The van der Waals surface area contributed by atoms with Crippen molar-refractivity contribution in [2.75, 3.05) is 0 Å². The Bertz CT molecular complexity index is 481. The zero-order valence-electron chi connectivity index (χ0n) is 8.90. The van der Waals surface area contributed by atoms with E-state index in [4.69, 9.17) is 11.6 Å². The van der Waals surface area contributed by atoms with E-state index in [0.29, 0.717) is 5.02 Å². The summed E-state index contributed by atoms with van der Waals surface area (Å²) in [5, 5.41) is 0.457. The minimum Gasteiger partial charge on any atom is -0.298 e. The van der Waals surface area contributed by atoms with Crippen LogP contribution in [0.15, 0.2) is 29.2 Å².